The zero-order chi connectivity index (χ0) is 13.0. The summed E-state index contributed by atoms with van der Waals surface area (Å²) in [7, 11) is 1.81. The van der Waals surface area contributed by atoms with Crippen LogP contribution < -0.4 is 5.32 Å². The Balaban J connectivity index is 1.88. The maximum Gasteiger partial charge on any atom is 0.224 e. The molecule has 0 radical (unpaired) electrons. The van der Waals surface area contributed by atoms with Gasteiger partial charge in [0.25, 0.3) is 0 Å². The van der Waals surface area contributed by atoms with Gasteiger partial charge in [0.1, 0.15) is 5.82 Å². The summed E-state index contributed by atoms with van der Waals surface area (Å²) in [4.78, 5) is 11.6. The summed E-state index contributed by atoms with van der Waals surface area (Å²) in [6.07, 6.45) is 3.56. The van der Waals surface area contributed by atoms with Crippen molar-refractivity contribution in [2.75, 3.05) is 0 Å². The van der Waals surface area contributed by atoms with Crippen molar-refractivity contribution in [2.45, 2.75) is 13.0 Å². The molecular formula is C13H14FN3O. The number of carbonyl (C=O) groups excluding carboxylic acids is 1. The first-order valence-electron chi connectivity index (χ1n) is 5.63. The summed E-state index contributed by atoms with van der Waals surface area (Å²) in [6.45, 7) is 0.404. The van der Waals surface area contributed by atoms with Crippen LogP contribution in [0.4, 0.5) is 4.39 Å². The Morgan fingerprint density at radius 1 is 1.44 bits per heavy atom. The van der Waals surface area contributed by atoms with Crippen LogP contribution in [0.3, 0.4) is 0 Å². The van der Waals surface area contributed by atoms with Gasteiger partial charge in [0.05, 0.1) is 12.6 Å². The van der Waals surface area contributed by atoms with Crippen molar-refractivity contribution >= 4 is 5.91 Å². The van der Waals surface area contributed by atoms with Crippen molar-refractivity contribution in [1.29, 1.82) is 0 Å². The highest BCUT2D eigenvalue weighted by Crippen LogP contribution is 2.07. The zero-order valence-electron chi connectivity index (χ0n) is 10.1. The van der Waals surface area contributed by atoms with Gasteiger partial charge in [-0.25, -0.2) is 4.39 Å². The Bertz CT molecular complexity index is 551. The number of carbonyl (C=O) groups is 1. The van der Waals surface area contributed by atoms with Gasteiger partial charge in [-0.05, 0) is 11.6 Å². The van der Waals surface area contributed by atoms with Crippen molar-refractivity contribution in [3.63, 3.8) is 0 Å². The Morgan fingerprint density at radius 3 is 2.89 bits per heavy atom. The summed E-state index contributed by atoms with van der Waals surface area (Å²) >= 11 is 0. The largest absolute Gasteiger partial charge is 0.352 e. The Morgan fingerprint density at radius 2 is 2.22 bits per heavy atom. The summed E-state index contributed by atoms with van der Waals surface area (Å²) < 4.78 is 15.0. The van der Waals surface area contributed by atoms with E-state index in [1.54, 1.807) is 29.1 Å². The fourth-order valence-electron chi connectivity index (χ4n) is 1.64. The molecule has 0 aliphatic carbocycles. The number of hydrogen-bond acceptors (Lipinski definition) is 2. The highest BCUT2D eigenvalue weighted by atomic mass is 19.1. The lowest BCUT2D eigenvalue weighted by Gasteiger charge is -2.04. The van der Waals surface area contributed by atoms with E-state index in [1.807, 2.05) is 13.2 Å². The smallest absolute Gasteiger partial charge is 0.224 e. The number of aromatic nitrogens is 2. The van der Waals surface area contributed by atoms with E-state index in [2.05, 4.69) is 10.4 Å². The molecule has 0 unspecified atom stereocenters. The van der Waals surface area contributed by atoms with E-state index in [0.717, 1.165) is 5.56 Å². The molecule has 5 heteroatoms. The molecule has 1 aromatic carbocycles. The van der Waals surface area contributed by atoms with Crippen molar-refractivity contribution in [3.8, 4) is 0 Å². The molecule has 1 N–H and O–H groups in total. The highest BCUT2D eigenvalue weighted by molar-refractivity contribution is 5.78. The molecule has 0 aliphatic heterocycles. The number of aryl methyl sites for hydroxylation is 1. The minimum absolute atomic E-state index is 0.0485. The van der Waals surface area contributed by atoms with E-state index < -0.39 is 0 Å². The molecule has 0 atom stereocenters. The van der Waals surface area contributed by atoms with Gasteiger partial charge in [-0.3, -0.25) is 9.48 Å². The van der Waals surface area contributed by atoms with Crippen LogP contribution in [0.5, 0.6) is 0 Å². The Kier molecular flexibility index (Phi) is 3.72. The van der Waals surface area contributed by atoms with E-state index >= 15 is 0 Å². The second-order valence-electron chi connectivity index (χ2n) is 4.07. The van der Waals surface area contributed by atoms with E-state index in [9.17, 15) is 9.18 Å². The normalized spacial score (nSPS) is 10.3. The van der Waals surface area contributed by atoms with Crippen LogP contribution in [0, 0.1) is 5.82 Å². The van der Waals surface area contributed by atoms with E-state index in [1.165, 1.54) is 6.07 Å². The average molecular weight is 247 g/mol. The Labute approximate surface area is 104 Å². The minimum atomic E-state index is -0.353. The molecule has 94 valence electrons. The first-order chi connectivity index (χ1) is 8.65. The first kappa shape index (κ1) is 12.3. The topological polar surface area (TPSA) is 46.9 Å². The first-order valence-corrected chi connectivity index (χ1v) is 5.63. The predicted molar refractivity (Wildman–Crippen MR) is 65.2 cm³/mol. The van der Waals surface area contributed by atoms with Gasteiger partial charge < -0.3 is 5.32 Å². The number of rotatable bonds is 4. The molecule has 2 rings (SSSR count). The minimum Gasteiger partial charge on any atom is -0.352 e. The lowest BCUT2D eigenvalue weighted by atomic mass is 10.1. The van der Waals surface area contributed by atoms with Crippen molar-refractivity contribution in [3.05, 3.63) is 53.6 Å². The lowest BCUT2D eigenvalue weighted by molar-refractivity contribution is -0.120. The van der Waals surface area contributed by atoms with Crippen molar-refractivity contribution in [1.82, 2.24) is 15.1 Å². The molecule has 0 saturated heterocycles. The molecule has 0 aliphatic rings. The molecule has 0 bridgehead atoms. The molecule has 2 aromatic rings. The maximum absolute atomic E-state index is 13.3. The molecule has 0 fully saturated rings. The quantitative estimate of drug-likeness (QED) is 0.888. The van der Waals surface area contributed by atoms with Crippen LogP contribution in [-0.4, -0.2) is 15.7 Å². The van der Waals surface area contributed by atoms with Crippen molar-refractivity contribution < 1.29 is 9.18 Å². The molecule has 4 nitrogen and oxygen atoms in total. The van der Waals surface area contributed by atoms with Gasteiger partial charge in [-0.15, -0.1) is 0 Å². The number of hydrogen-bond donors (Lipinski definition) is 1. The second kappa shape index (κ2) is 5.44. The number of benzene rings is 1. The number of halogens is 1. The number of amides is 1. The van der Waals surface area contributed by atoms with Gasteiger partial charge in [0, 0.05) is 25.4 Å². The molecule has 18 heavy (non-hydrogen) atoms. The van der Waals surface area contributed by atoms with Crippen LogP contribution >= 0.6 is 0 Å². The number of nitrogens with zero attached hydrogens (tertiary/aromatic N) is 2. The molecule has 1 amide bonds. The van der Waals surface area contributed by atoms with Crippen LogP contribution in [0.15, 0.2) is 36.7 Å². The van der Waals surface area contributed by atoms with Gasteiger partial charge >= 0.3 is 0 Å². The third-order valence-electron chi connectivity index (χ3n) is 2.56. The summed E-state index contributed by atoms with van der Waals surface area (Å²) in [5, 5.41) is 6.73. The van der Waals surface area contributed by atoms with Crippen molar-refractivity contribution in [2.24, 2.45) is 7.05 Å². The fourth-order valence-corrected chi connectivity index (χ4v) is 1.64. The fraction of sp³-hybridized carbons (Fsp3) is 0.231. The Hall–Kier alpha value is -2.17. The van der Waals surface area contributed by atoms with Crippen LogP contribution in [0.25, 0.3) is 0 Å². The SMILES string of the molecule is Cn1cc(CNC(=O)Cc2ccccc2F)cn1. The maximum atomic E-state index is 13.3. The second-order valence-corrected chi connectivity index (χ2v) is 4.07. The van der Waals surface area contributed by atoms with E-state index in [0.29, 0.717) is 12.1 Å². The zero-order valence-corrected chi connectivity index (χ0v) is 10.1. The van der Waals surface area contributed by atoms with Gasteiger partial charge in [-0.2, -0.15) is 5.10 Å². The van der Waals surface area contributed by atoms with Gasteiger partial charge in [-0.1, -0.05) is 18.2 Å². The monoisotopic (exact) mass is 247 g/mol. The molecular weight excluding hydrogens is 233 g/mol. The van der Waals surface area contributed by atoms with E-state index in [4.69, 9.17) is 0 Å². The molecule has 1 aromatic heterocycles. The third-order valence-corrected chi connectivity index (χ3v) is 2.56. The standard InChI is InChI=1S/C13H14FN3O/c1-17-9-10(8-16-17)7-15-13(18)6-11-4-2-3-5-12(11)14/h2-5,8-9H,6-7H2,1H3,(H,15,18). The highest BCUT2D eigenvalue weighted by Gasteiger charge is 2.07. The summed E-state index contributed by atoms with van der Waals surface area (Å²) in [6, 6.07) is 6.28. The molecule has 0 saturated carbocycles. The molecule has 1 heterocycles. The number of nitrogens with one attached hydrogen (secondary N) is 1. The van der Waals surface area contributed by atoms with Gasteiger partial charge in [0.15, 0.2) is 0 Å². The van der Waals surface area contributed by atoms with Crippen LogP contribution in [-0.2, 0) is 24.8 Å². The van der Waals surface area contributed by atoms with E-state index in [-0.39, 0.29) is 18.1 Å². The van der Waals surface area contributed by atoms with Crippen LogP contribution in [0.2, 0.25) is 0 Å². The average Bonchev–Trinajstić information content (AvgIpc) is 2.76. The molecule has 0 spiro atoms. The predicted octanol–water partition coefficient (Wildman–Crippen LogP) is 1.42. The summed E-state index contributed by atoms with van der Waals surface area (Å²) in [5.41, 5.74) is 1.32. The lowest BCUT2D eigenvalue weighted by Crippen LogP contribution is -2.24. The van der Waals surface area contributed by atoms with Crippen LogP contribution in [0.1, 0.15) is 11.1 Å². The van der Waals surface area contributed by atoms with Gasteiger partial charge in [0.2, 0.25) is 5.91 Å². The summed E-state index contributed by atoms with van der Waals surface area (Å²) in [5.74, 6) is -0.557. The third kappa shape index (κ3) is 3.16.